The van der Waals surface area contributed by atoms with E-state index in [0.29, 0.717) is 0 Å². The Labute approximate surface area is 141 Å². The molecule has 15 N–H and O–H groups in total. The highest BCUT2D eigenvalue weighted by Gasteiger charge is 2.50. The monoisotopic (exact) mass is 351 g/mol. The van der Waals surface area contributed by atoms with Crippen LogP contribution >= 0.6 is 0 Å². The molecule has 0 aromatic rings. The zero-order chi connectivity index (χ0) is 18.6. The number of hydrogen-bond acceptors (Lipinski definition) is 12. The zero-order valence-electron chi connectivity index (χ0n) is 14.4. The lowest BCUT2D eigenvalue weighted by Gasteiger charge is -2.56. The molecule has 0 aromatic heterocycles. The third kappa shape index (κ3) is 6.11. The Morgan fingerprint density at radius 3 is 1.04 bits per heavy atom. The molecule has 12 nitrogen and oxygen atoms in total. The van der Waals surface area contributed by atoms with E-state index in [4.69, 9.17) is 17.2 Å². The number of hydrogen-bond donors (Lipinski definition) is 12. The van der Waals surface area contributed by atoms with E-state index in [2.05, 4.69) is 31.9 Å². The minimum Gasteiger partial charge on any atom is -0.395 e. The number of nitrogens with two attached hydrogens (primary N) is 3. The molecule has 0 saturated carbocycles. The van der Waals surface area contributed by atoms with E-state index in [-0.39, 0.29) is 37.9 Å². The third-order valence-corrected chi connectivity index (χ3v) is 3.43. The van der Waals surface area contributed by atoms with Crippen molar-refractivity contribution < 1.29 is 15.3 Å². The van der Waals surface area contributed by atoms with Gasteiger partial charge >= 0.3 is 0 Å². The zero-order valence-corrected chi connectivity index (χ0v) is 14.4. The van der Waals surface area contributed by atoms with Crippen LogP contribution in [0.2, 0.25) is 0 Å². The van der Waals surface area contributed by atoms with Gasteiger partial charge in [0, 0.05) is 18.1 Å². The molecule has 0 spiro atoms. The summed E-state index contributed by atoms with van der Waals surface area (Å²) in [5.74, 6) is -4.41. The van der Waals surface area contributed by atoms with E-state index in [1.165, 1.54) is 0 Å². The van der Waals surface area contributed by atoms with Crippen LogP contribution in [0.4, 0.5) is 0 Å². The lowest BCUT2D eigenvalue weighted by molar-refractivity contribution is -0.0684. The average molecular weight is 351 g/mol. The van der Waals surface area contributed by atoms with Gasteiger partial charge in [0.05, 0.1) is 19.8 Å². The van der Waals surface area contributed by atoms with Crippen molar-refractivity contribution in [3.63, 3.8) is 0 Å². The molecule has 1 rings (SSSR count). The summed E-state index contributed by atoms with van der Waals surface area (Å²) in [5.41, 5.74) is 18.8. The fraction of sp³-hybridized carbons (Fsp3) is 1.00. The van der Waals surface area contributed by atoms with Crippen molar-refractivity contribution in [3.05, 3.63) is 0 Å². The molecule has 0 aromatic carbocycles. The van der Waals surface area contributed by atoms with Crippen molar-refractivity contribution in [2.24, 2.45) is 17.2 Å². The number of aliphatic hydroxyl groups excluding tert-OH is 3. The third-order valence-electron chi connectivity index (χ3n) is 3.43. The van der Waals surface area contributed by atoms with Gasteiger partial charge < -0.3 is 15.3 Å². The maximum atomic E-state index is 9.26. The Kier molecular flexibility index (Phi) is 7.43. The maximum absolute atomic E-state index is 9.26. The normalized spacial score (nSPS) is 37.9. The van der Waals surface area contributed by atoms with Crippen LogP contribution in [0.5, 0.6) is 0 Å². The first kappa shape index (κ1) is 21.6. The van der Waals surface area contributed by atoms with Gasteiger partial charge in [-0.2, -0.15) is 0 Å². The second-order valence-electron chi connectivity index (χ2n) is 6.48. The minimum atomic E-state index is -1.47. The van der Waals surface area contributed by atoms with Gasteiger partial charge in [-0.1, -0.05) is 0 Å². The summed E-state index contributed by atoms with van der Waals surface area (Å²) in [6.07, 6.45) is 0. The van der Waals surface area contributed by atoms with E-state index in [1.54, 1.807) is 20.8 Å². The summed E-state index contributed by atoms with van der Waals surface area (Å²) < 4.78 is 0. The molecule has 0 radical (unpaired) electrons. The van der Waals surface area contributed by atoms with Gasteiger partial charge in [-0.05, 0) is 20.8 Å². The second-order valence-corrected chi connectivity index (χ2v) is 6.48. The summed E-state index contributed by atoms with van der Waals surface area (Å²) in [6.45, 7) is 4.70. The van der Waals surface area contributed by atoms with Crippen LogP contribution in [0.25, 0.3) is 0 Å². The van der Waals surface area contributed by atoms with E-state index in [0.717, 1.165) is 0 Å². The van der Waals surface area contributed by atoms with Crippen LogP contribution in [0.15, 0.2) is 0 Å². The van der Waals surface area contributed by atoms with Crippen molar-refractivity contribution in [3.8, 4) is 0 Å². The molecule has 1 fully saturated rings. The van der Waals surface area contributed by atoms with Crippen LogP contribution < -0.4 is 49.1 Å². The molecular weight excluding hydrogens is 318 g/mol. The highest BCUT2D eigenvalue weighted by Crippen LogP contribution is 2.08. The summed E-state index contributed by atoms with van der Waals surface area (Å²) in [5, 5.41) is 45.3. The Morgan fingerprint density at radius 1 is 0.667 bits per heavy atom. The molecule has 3 unspecified atom stereocenters. The summed E-state index contributed by atoms with van der Waals surface area (Å²) >= 11 is 0. The molecule has 0 bridgehead atoms. The topological polar surface area (TPSA) is 211 Å². The van der Waals surface area contributed by atoms with Crippen molar-refractivity contribution in [2.75, 3.05) is 19.8 Å². The lowest BCUT2D eigenvalue weighted by atomic mass is 10.2. The largest absolute Gasteiger partial charge is 0.395 e. The first-order chi connectivity index (χ1) is 11.0. The number of nitrogens with one attached hydrogen (secondary N) is 6. The van der Waals surface area contributed by atoms with Crippen molar-refractivity contribution in [1.82, 2.24) is 31.9 Å². The van der Waals surface area contributed by atoms with Crippen LogP contribution in [-0.2, 0) is 0 Å². The van der Waals surface area contributed by atoms with Gasteiger partial charge in [-0.3, -0.25) is 33.2 Å². The van der Waals surface area contributed by atoms with Gasteiger partial charge in [0.1, 0.15) is 0 Å². The maximum Gasteiger partial charge on any atom is 0.186 e. The van der Waals surface area contributed by atoms with Gasteiger partial charge in [0.2, 0.25) is 0 Å². The molecule has 24 heavy (non-hydrogen) atoms. The number of aliphatic hydroxyl groups is 3. The summed E-state index contributed by atoms with van der Waals surface area (Å²) in [6, 6.07) is -1.11. The molecule has 144 valence electrons. The van der Waals surface area contributed by atoms with E-state index >= 15 is 0 Å². The molecule has 1 saturated heterocycles. The fourth-order valence-corrected chi connectivity index (χ4v) is 2.55. The Balaban J connectivity index is 3.05. The second kappa shape index (κ2) is 8.27. The van der Waals surface area contributed by atoms with E-state index in [9.17, 15) is 15.3 Å². The SMILES string of the molecule is CC(CO)NC1(N)NC(N)(NC(C)CO)NC(N)(NC(C)CO)N1. The molecular formula is C12H33N9O3. The molecule has 3 atom stereocenters. The Morgan fingerprint density at radius 2 is 0.875 bits per heavy atom. The average Bonchev–Trinajstić information content (AvgIpc) is 2.43. The molecule has 0 amide bonds. The predicted molar refractivity (Wildman–Crippen MR) is 89.2 cm³/mol. The van der Waals surface area contributed by atoms with Crippen LogP contribution in [0.1, 0.15) is 20.8 Å². The number of rotatable bonds is 9. The van der Waals surface area contributed by atoms with Gasteiger partial charge in [-0.15, -0.1) is 0 Å². The highest BCUT2D eigenvalue weighted by molar-refractivity contribution is 5.01. The van der Waals surface area contributed by atoms with Crippen LogP contribution in [-0.4, -0.2) is 71.0 Å². The first-order valence-electron chi connectivity index (χ1n) is 7.89. The summed E-state index contributed by atoms with van der Waals surface area (Å²) in [7, 11) is 0. The smallest absolute Gasteiger partial charge is 0.186 e. The van der Waals surface area contributed by atoms with Gasteiger partial charge in [0.15, 0.2) is 17.7 Å². The minimum absolute atomic E-state index is 0.161. The molecule has 12 heteroatoms. The predicted octanol–water partition coefficient (Wildman–Crippen LogP) is -5.61. The molecule has 1 aliphatic rings. The molecule has 1 heterocycles. The lowest BCUT2D eigenvalue weighted by Crippen LogP contribution is -3.00. The fourth-order valence-electron chi connectivity index (χ4n) is 2.55. The van der Waals surface area contributed by atoms with E-state index < -0.39 is 17.7 Å². The Bertz CT molecular complexity index is 337. The quantitative estimate of drug-likeness (QED) is 0.175. The van der Waals surface area contributed by atoms with Gasteiger partial charge in [0.25, 0.3) is 0 Å². The first-order valence-corrected chi connectivity index (χ1v) is 7.89. The highest BCUT2D eigenvalue weighted by atomic mass is 16.3. The van der Waals surface area contributed by atoms with E-state index in [1.807, 2.05) is 0 Å². The van der Waals surface area contributed by atoms with Crippen molar-refractivity contribution in [2.45, 2.75) is 56.6 Å². The van der Waals surface area contributed by atoms with Crippen molar-refractivity contribution >= 4 is 0 Å². The van der Waals surface area contributed by atoms with Crippen LogP contribution in [0, 0.1) is 0 Å². The summed E-state index contributed by atoms with van der Waals surface area (Å²) in [4.78, 5) is 0. The molecule has 1 aliphatic heterocycles. The Hall–Kier alpha value is -0.480. The standard InChI is InChI=1S/C12H33N9O3/c1-7(4-22)16-10(13)19-11(14,17-8(2)5-23)21-12(15,20-10)18-9(3)6-24/h7-9,16-24H,4-6,13-15H2,1-3H3. The van der Waals surface area contributed by atoms with Crippen LogP contribution in [0.3, 0.4) is 0 Å². The molecule has 0 aliphatic carbocycles. The van der Waals surface area contributed by atoms with Crippen molar-refractivity contribution in [1.29, 1.82) is 0 Å². The van der Waals surface area contributed by atoms with Gasteiger partial charge in [-0.25, -0.2) is 16.0 Å².